The molecule has 1 aliphatic rings. The van der Waals surface area contributed by atoms with Crippen molar-refractivity contribution in [3.05, 3.63) is 16.9 Å². The van der Waals surface area contributed by atoms with Gasteiger partial charge in [0.1, 0.15) is 5.69 Å². The number of Topliss-reactive ketones (excluding diaryl/α,β-unsaturated/α-hetero) is 1. The average Bonchev–Trinajstić information content (AvgIpc) is 2.86. The molecule has 0 atom stereocenters. The number of hydrogen-bond donors (Lipinski definition) is 1. The van der Waals surface area contributed by atoms with Gasteiger partial charge in [0.2, 0.25) is 0 Å². The van der Waals surface area contributed by atoms with Crippen molar-refractivity contribution in [3.63, 3.8) is 0 Å². The normalized spacial score (nSPS) is 18.9. The van der Waals surface area contributed by atoms with Crippen LogP contribution < -0.4 is 5.73 Å². The van der Waals surface area contributed by atoms with Crippen LogP contribution in [0.2, 0.25) is 5.02 Å². The first-order valence-corrected chi connectivity index (χ1v) is 5.91. The first-order valence-electron chi connectivity index (χ1n) is 5.53. The number of nitrogens with two attached hydrogens (primary N) is 1. The Morgan fingerprint density at radius 1 is 1.62 bits per heavy atom. The molecule has 2 rings (SSSR count). The molecule has 1 aliphatic carbocycles. The molecule has 1 aromatic heterocycles. The van der Waals surface area contributed by atoms with Gasteiger partial charge in [-0.3, -0.25) is 9.48 Å². The molecule has 0 radical (unpaired) electrons. The first-order chi connectivity index (χ1) is 7.60. The Morgan fingerprint density at radius 2 is 2.25 bits per heavy atom. The van der Waals surface area contributed by atoms with Gasteiger partial charge in [0.25, 0.3) is 0 Å². The Kier molecular flexibility index (Phi) is 3.04. The highest BCUT2D eigenvalue weighted by Crippen LogP contribution is 2.40. The Hall–Kier alpha value is -0.870. The van der Waals surface area contributed by atoms with Crippen molar-refractivity contribution >= 4 is 17.4 Å². The van der Waals surface area contributed by atoms with E-state index in [0.29, 0.717) is 17.3 Å². The van der Waals surface area contributed by atoms with Crippen LogP contribution in [0.25, 0.3) is 0 Å². The second-order valence-corrected chi connectivity index (χ2v) is 4.89. The lowest BCUT2D eigenvalue weighted by molar-refractivity contribution is 0.0799. The highest BCUT2D eigenvalue weighted by Gasteiger charge is 2.42. The minimum atomic E-state index is -0.405. The van der Waals surface area contributed by atoms with Gasteiger partial charge in [0.05, 0.1) is 11.2 Å². The van der Waals surface area contributed by atoms with Gasteiger partial charge in [0.15, 0.2) is 5.78 Å². The molecule has 0 aromatic carbocycles. The smallest absolute Gasteiger partial charge is 0.189 e. The van der Waals surface area contributed by atoms with Crippen molar-refractivity contribution in [2.24, 2.45) is 18.2 Å². The van der Waals surface area contributed by atoms with Gasteiger partial charge in [-0.05, 0) is 12.8 Å². The number of aromatic nitrogens is 2. The van der Waals surface area contributed by atoms with Crippen LogP contribution in [0.3, 0.4) is 0 Å². The SMILES string of the molecule is Cn1ncc(Cl)c1C(=O)C1(CN)CCCC1. The van der Waals surface area contributed by atoms with Crippen molar-refractivity contribution in [1.82, 2.24) is 9.78 Å². The summed E-state index contributed by atoms with van der Waals surface area (Å²) in [4.78, 5) is 12.5. The summed E-state index contributed by atoms with van der Waals surface area (Å²) in [5.74, 6) is 0.0532. The van der Waals surface area contributed by atoms with E-state index in [1.165, 1.54) is 6.20 Å². The molecule has 0 amide bonds. The molecule has 0 aliphatic heterocycles. The molecule has 1 fully saturated rings. The second-order valence-electron chi connectivity index (χ2n) is 4.49. The number of carbonyl (C=O) groups is 1. The predicted molar refractivity (Wildman–Crippen MR) is 62.5 cm³/mol. The van der Waals surface area contributed by atoms with E-state index in [1.807, 2.05) is 0 Å². The number of carbonyl (C=O) groups excluding carboxylic acids is 1. The van der Waals surface area contributed by atoms with Gasteiger partial charge in [-0.1, -0.05) is 24.4 Å². The third-order valence-corrected chi connectivity index (χ3v) is 3.82. The molecule has 0 saturated heterocycles. The van der Waals surface area contributed by atoms with Crippen LogP contribution in [0.1, 0.15) is 36.2 Å². The minimum absolute atomic E-state index is 0.0532. The van der Waals surface area contributed by atoms with Crippen LogP contribution in [0.5, 0.6) is 0 Å². The topological polar surface area (TPSA) is 60.9 Å². The van der Waals surface area contributed by atoms with Gasteiger partial charge in [-0.15, -0.1) is 0 Å². The van der Waals surface area contributed by atoms with Gasteiger partial charge < -0.3 is 5.73 Å². The van der Waals surface area contributed by atoms with E-state index in [1.54, 1.807) is 11.7 Å². The van der Waals surface area contributed by atoms with E-state index in [9.17, 15) is 4.79 Å². The fourth-order valence-electron chi connectivity index (χ4n) is 2.49. The molecule has 88 valence electrons. The fraction of sp³-hybridized carbons (Fsp3) is 0.636. The standard InChI is InChI=1S/C11H16ClN3O/c1-15-9(8(12)6-14-15)10(16)11(7-13)4-2-3-5-11/h6H,2-5,7,13H2,1H3. The number of ketones is 1. The number of hydrogen-bond acceptors (Lipinski definition) is 3. The monoisotopic (exact) mass is 241 g/mol. The van der Waals surface area contributed by atoms with E-state index < -0.39 is 5.41 Å². The first kappa shape index (κ1) is 11.6. The molecule has 0 unspecified atom stereocenters. The maximum absolute atomic E-state index is 12.5. The van der Waals surface area contributed by atoms with Crippen LogP contribution in [-0.2, 0) is 7.05 Å². The lowest BCUT2D eigenvalue weighted by atomic mass is 9.80. The van der Waals surface area contributed by atoms with Gasteiger partial charge in [-0.25, -0.2) is 0 Å². The molecule has 4 nitrogen and oxygen atoms in total. The van der Waals surface area contributed by atoms with Crippen LogP contribution in [-0.4, -0.2) is 22.1 Å². The quantitative estimate of drug-likeness (QED) is 0.821. The highest BCUT2D eigenvalue weighted by atomic mass is 35.5. The Bertz CT molecular complexity index is 388. The predicted octanol–water partition coefficient (Wildman–Crippen LogP) is 1.78. The van der Waals surface area contributed by atoms with E-state index in [2.05, 4.69) is 5.10 Å². The maximum atomic E-state index is 12.5. The zero-order valence-corrected chi connectivity index (χ0v) is 10.1. The van der Waals surface area contributed by atoms with Crippen LogP contribution in [0.15, 0.2) is 6.20 Å². The van der Waals surface area contributed by atoms with Gasteiger partial charge in [-0.2, -0.15) is 5.10 Å². The maximum Gasteiger partial charge on any atom is 0.189 e. The Balaban J connectivity index is 2.38. The molecule has 0 bridgehead atoms. The molecule has 5 heteroatoms. The molecule has 1 aromatic rings. The van der Waals surface area contributed by atoms with Crippen molar-refractivity contribution in [2.45, 2.75) is 25.7 Å². The lowest BCUT2D eigenvalue weighted by Gasteiger charge is -2.25. The molecule has 0 spiro atoms. The number of halogens is 1. The molecule has 1 saturated carbocycles. The summed E-state index contributed by atoms with van der Waals surface area (Å²) in [5, 5.41) is 4.42. The van der Waals surface area contributed by atoms with Crippen LogP contribution in [0.4, 0.5) is 0 Å². The van der Waals surface area contributed by atoms with Crippen LogP contribution in [0, 0.1) is 5.41 Å². The largest absolute Gasteiger partial charge is 0.329 e. The van der Waals surface area contributed by atoms with Crippen LogP contribution >= 0.6 is 11.6 Å². The zero-order chi connectivity index (χ0) is 11.8. The van der Waals surface area contributed by atoms with E-state index in [0.717, 1.165) is 25.7 Å². The summed E-state index contributed by atoms with van der Waals surface area (Å²) in [7, 11) is 1.73. The summed E-state index contributed by atoms with van der Waals surface area (Å²) >= 11 is 5.99. The summed E-state index contributed by atoms with van der Waals surface area (Å²) in [6.07, 6.45) is 5.37. The van der Waals surface area contributed by atoms with Crippen molar-refractivity contribution < 1.29 is 4.79 Å². The summed E-state index contributed by atoms with van der Waals surface area (Å²) in [6, 6.07) is 0. The fourth-order valence-corrected chi connectivity index (χ4v) is 2.74. The lowest BCUT2D eigenvalue weighted by Crippen LogP contribution is -2.37. The minimum Gasteiger partial charge on any atom is -0.329 e. The summed E-state index contributed by atoms with van der Waals surface area (Å²) < 4.78 is 1.54. The zero-order valence-electron chi connectivity index (χ0n) is 9.37. The van der Waals surface area contributed by atoms with Crippen molar-refractivity contribution in [3.8, 4) is 0 Å². The van der Waals surface area contributed by atoms with E-state index in [-0.39, 0.29) is 5.78 Å². The number of aryl methyl sites for hydroxylation is 1. The number of rotatable bonds is 3. The Labute approximate surface area is 99.8 Å². The third kappa shape index (κ3) is 1.66. The highest BCUT2D eigenvalue weighted by molar-refractivity contribution is 6.33. The second kappa shape index (κ2) is 4.18. The van der Waals surface area contributed by atoms with Crippen molar-refractivity contribution in [1.29, 1.82) is 0 Å². The molecule has 2 N–H and O–H groups in total. The Morgan fingerprint density at radius 3 is 2.69 bits per heavy atom. The number of nitrogens with zero attached hydrogens (tertiary/aromatic N) is 2. The van der Waals surface area contributed by atoms with E-state index in [4.69, 9.17) is 17.3 Å². The van der Waals surface area contributed by atoms with Gasteiger partial charge in [0, 0.05) is 19.0 Å². The molecular weight excluding hydrogens is 226 g/mol. The summed E-state index contributed by atoms with van der Waals surface area (Å²) in [5.41, 5.74) is 5.87. The van der Waals surface area contributed by atoms with Gasteiger partial charge >= 0.3 is 0 Å². The third-order valence-electron chi connectivity index (χ3n) is 3.54. The van der Waals surface area contributed by atoms with Crippen molar-refractivity contribution in [2.75, 3.05) is 6.54 Å². The molecular formula is C11H16ClN3O. The molecule has 1 heterocycles. The average molecular weight is 242 g/mol. The van der Waals surface area contributed by atoms with E-state index >= 15 is 0 Å². The molecule has 16 heavy (non-hydrogen) atoms. The summed E-state index contributed by atoms with van der Waals surface area (Å²) in [6.45, 7) is 0.396.